The van der Waals surface area contributed by atoms with Crippen LogP contribution in [0.1, 0.15) is 12.7 Å². The first-order chi connectivity index (χ1) is 5.27. The van der Waals surface area contributed by atoms with Crippen molar-refractivity contribution in [3.8, 4) is 0 Å². The van der Waals surface area contributed by atoms with Gasteiger partial charge >= 0.3 is 0 Å². The van der Waals surface area contributed by atoms with Crippen molar-refractivity contribution in [1.82, 2.24) is 0 Å². The lowest BCUT2D eigenvalue weighted by atomic mass is 10.3. The van der Waals surface area contributed by atoms with Crippen LogP contribution in [0.4, 0.5) is 0 Å². The van der Waals surface area contributed by atoms with Gasteiger partial charge in [-0.25, -0.2) is 0 Å². The highest BCUT2D eigenvalue weighted by Crippen LogP contribution is 1.85. The third kappa shape index (κ3) is 1.61. The van der Waals surface area contributed by atoms with Crippen LogP contribution >= 0.6 is 0 Å². The highest BCUT2D eigenvalue weighted by atomic mass is 16.3. The van der Waals surface area contributed by atoms with E-state index in [9.17, 15) is 0 Å². The van der Waals surface area contributed by atoms with Gasteiger partial charge in [0.25, 0.3) is 0 Å². The highest BCUT2D eigenvalue weighted by Gasteiger charge is 1.90. The summed E-state index contributed by atoms with van der Waals surface area (Å²) in [5.74, 6) is 0.936. The largest absolute Gasteiger partial charge is 0.461 e. The van der Waals surface area contributed by atoms with Gasteiger partial charge in [-0.2, -0.15) is 0 Å². The fraction of sp³-hybridized carbons (Fsp3) is 0.200. The van der Waals surface area contributed by atoms with Gasteiger partial charge in [-0.15, -0.1) is 0 Å². The maximum absolute atomic E-state index is 5.39. The van der Waals surface area contributed by atoms with Gasteiger partial charge in [-0.1, -0.05) is 18.7 Å². The Kier molecular flexibility index (Phi) is 2.32. The minimum atomic E-state index is 0.889. The maximum atomic E-state index is 5.39. The summed E-state index contributed by atoms with van der Waals surface area (Å²) in [5.41, 5.74) is 0.889. The molecule has 0 unspecified atom stereocenters. The van der Waals surface area contributed by atoms with Gasteiger partial charge in [-0.3, -0.25) is 0 Å². The van der Waals surface area contributed by atoms with Gasteiger partial charge in [0.1, 0.15) is 11.2 Å². The molecule has 0 radical (unpaired) electrons. The molecule has 0 saturated heterocycles. The molecule has 0 aliphatic heterocycles. The molecule has 0 saturated carbocycles. The molecule has 1 heterocycles. The third-order valence-corrected chi connectivity index (χ3v) is 1.49. The van der Waals surface area contributed by atoms with Gasteiger partial charge in [0, 0.05) is 5.22 Å². The Bertz CT molecular complexity index is 355. The molecular formula is C10H12O. The van der Waals surface area contributed by atoms with Crippen LogP contribution in [0.3, 0.4) is 0 Å². The zero-order valence-electron chi connectivity index (χ0n) is 6.92. The van der Waals surface area contributed by atoms with E-state index in [2.05, 4.69) is 6.58 Å². The van der Waals surface area contributed by atoms with Crippen LogP contribution in [0.15, 0.2) is 23.1 Å². The molecule has 1 aromatic heterocycles. The van der Waals surface area contributed by atoms with E-state index < -0.39 is 0 Å². The topological polar surface area (TPSA) is 13.1 Å². The Morgan fingerprint density at radius 1 is 1.55 bits per heavy atom. The van der Waals surface area contributed by atoms with Crippen molar-refractivity contribution in [3.05, 3.63) is 35.1 Å². The number of furan rings is 1. The van der Waals surface area contributed by atoms with E-state index in [1.807, 2.05) is 32.1 Å². The zero-order chi connectivity index (χ0) is 8.27. The van der Waals surface area contributed by atoms with Gasteiger partial charge in [0.2, 0.25) is 0 Å². The van der Waals surface area contributed by atoms with E-state index in [0.29, 0.717) is 0 Å². The smallest absolute Gasteiger partial charge is 0.133 e. The van der Waals surface area contributed by atoms with Gasteiger partial charge < -0.3 is 4.42 Å². The van der Waals surface area contributed by atoms with E-state index in [1.165, 1.54) is 0 Å². The summed E-state index contributed by atoms with van der Waals surface area (Å²) in [6.07, 6.45) is 5.61. The number of aryl methyl sites for hydroxylation is 1. The molecule has 0 aliphatic rings. The molecule has 0 aromatic carbocycles. The minimum absolute atomic E-state index is 0.889. The first-order valence-corrected chi connectivity index (χ1v) is 3.63. The van der Waals surface area contributed by atoms with Gasteiger partial charge in [0.05, 0.1) is 0 Å². The number of allylic oxidation sites excluding steroid dienone is 1. The Morgan fingerprint density at radius 3 is 2.82 bits per heavy atom. The lowest BCUT2D eigenvalue weighted by Crippen LogP contribution is -2.17. The minimum Gasteiger partial charge on any atom is -0.461 e. The van der Waals surface area contributed by atoms with E-state index in [-0.39, 0.29) is 0 Å². The second-order valence-electron chi connectivity index (χ2n) is 2.37. The zero-order valence-corrected chi connectivity index (χ0v) is 6.92. The molecule has 1 rings (SSSR count). The van der Waals surface area contributed by atoms with Crippen LogP contribution in [0.5, 0.6) is 0 Å². The van der Waals surface area contributed by atoms with Crippen LogP contribution in [-0.4, -0.2) is 0 Å². The molecule has 1 heteroatoms. The standard InChI is InChI=1S/C10H12O/c1-4-6-10-9(5-2)7-8(3)11-10/h4-7H,1H2,2-3H3/b9-5-,10-6+. The molecule has 0 fully saturated rings. The summed E-state index contributed by atoms with van der Waals surface area (Å²) in [4.78, 5) is 0. The maximum Gasteiger partial charge on any atom is 0.133 e. The van der Waals surface area contributed by atoms with E-state index in [1.54, 1.807) is 6.08 Å². The number of rotatable bonds is 1. The number of hydrogen-bond acceptors (Lipinski definition) is 1. The Labute approximate surface area is 66.3 Å². The van der Waals surface area contributed by atoms with Crippen molar-refractivity contribution in [2.75, 3.05) is 0 Å². The summed E-state index contributed by atoms with van der Waals surface area (Å²) < 4.78 is 5.39. The normalized spacial score (nSPS) is 14.0. The summed E-state index contributed by atoms with van der Waals surface area (Å²) in [6, 6.07) is 2.01. The van der Waals surface area contributed by atoms with Crippen molar-refractivity contribution in [3.63, 3.8) is 0 Å². The Morgan fingerprint density at radius 2 is 2.27 bits per heavy atom. The SMILES string of the molecule is C=C/C=c1/oc(C)c/c1=C/C. The van der Waals surface area contributed by atoms with Crippen molar-refractivity contribution in [2.45, 2.75) is 13.8 Å². The van der Waals surface area contributed by atoms with Crippen molar-refractivity contribution in [1.29, 1.82) is 0 Å². The first kappa shape index (κ1) is 7.86. The third-order valence-electron chi connectivity index (χ3n) is 1.49. The molecule has 11 heavy (non-hydrogen) atoms. The van der Waals surface area contributed by atoms with Gasteiger partial charge in [-0.05, 0) is 26.0 Å². The van der Waals surface area contributed by atoms with Gasteiger partial charge in [0.15, 0.2) is 0 Å². The number of hydrogen-bond donors (Lipinski definition) is 0. The molecule has 0 amide bonds. The molecule has 0 spiro atoms. The summed E-state index contributed by atoms with van der Waals surface area (Å²) in [6.45, 7) is 7.54. The van der Waals surface area contributed by atoms with Crippen LogP contribution in [0.2, 0.25) is 0 Å². The second-order valence-corrected chi connectivity index (χ2v) is 2.37. The van der Waals surface area contributed by atoms with E-state index in [4.69, 9.17) is 4.42 Å². The molecule has 58 valence electrons. The van der Waals surface area contributed by atoms with Crippen LogP contribution in [0, 0.1) is 6.92 Å². The van der Waals surface area contributed by atoms with E-state index in [0.717, 1.165) is 16.4 Å². The molecule has 0 N–H and O–H groups in total. The quantitative estimate of drug-likeness (QED) is 0.586. The van der Waals surface area contributed by atoms with Crippen LogP contribution in [-0.2, 0) is 0 Å². The lowest BCUT2D eigenvalue weighted by Gasteiger charge is -1.75. The predicted octanol–water partition coefficient (Wildman–Crippen LogP) is 1.35. The average Bonchev–Trinajstić information content (AvgIpc) is 2.32. The van der Waals surface area contributed by atoms with E-state index >= 15 is 0 Å². The predicted molar refractivity (Wildman–Crippen MR) is 47.5 cm³/mol. The Hall–Kier alpha value is -1.24. The van der Waals surface area contributed by atoms with Crippen molar-refractivity contribution < 1.29 is 4.42 Å². The molecule has 0 bridgehead atoms. The second kappa shape index (κ2) is 3.24. The highest BCUT2D eigenvalue weighted by molar-refractivity contribution is 5.34. The average molecular weight is 148 g/mol. The fourth-order valence-electron chi connectivity index (χ4n) is 1.01. The lowest BCUT2D eigenvalue weighted by molar-refractivity contribution is 0.501. The summed E-state index contributed by atoms with van der Waals surface area (Å²) >= 11 is 0. The Balaban J connectivity index is 3.47. The summed E-state index contributed by atoms with van der Waals surface area (Å²) in [5, 5.41) is 1.13. The monoisotopic (exact) mass is 148 g/mol. The summed E-state index contributed by atoms with van der Waals surface area (Å²) in [7, 11) is 0. The first-order valence-electron chi connectivity index (χ1n) is 3.63. The fourth-order valence-corrected chi connectivity index (χ4v) is 1.01. The van der Waals surface area contributed by atoms with Crippen LogP contribution < -0.4 is 10.6 Å². The van der Waals surface area contributed by atoms with Crippen molar-refractivity contribution >= 4 is 12.2 Å². The molecular weight excluding hydrogens is 136 g/mol. The molecule has 1 nitrogen and oxygen atoms in total. The molecule has 0 aliphatic carbocycles. The molecule has 1 aromatic rings. The molecule has 0 atom stereocenters. The van der Waals surface area contributed by atoms with Crippen molar-refractivity contribution in [2.24, 2.45) is 0 Å². The van der Waals surface area contributed by atoms with Crippen LogP contribution in [0.25, 0.3) is 12.2 Å².